The number of thiophene rings is 1. The third kappa shape index (κ3) is 5.16. The van der Waals surface area contributed by atoms with Crippen molar-refractivity contribution in [2.45, 2.75) is 25.9 Å². The summed E-state index contributed by atoms with van der Waals surface area (Å²) in [6, 6.07) is 10.9. The predicted octanol–water partition coefficient (Wildman–Crippen LogP) is 3.29. The molecule has 0 aliphatic carbocycles. The van der Waals surface area contributed by atoms with Gasteiger partial charge in [0.05, 0.1) is 12.5 Å². The van der Waals surface area contributed by atoms with Gasteiger partial charge in [-0.3, -0.25) is 9.59 Å². The molecule has 0 radical (unpaired) electrons. The van der Waals surface area contributed by atoms with Crippen LogP contribution in [-0.2, 0) is 16.1 Å². The maximum absolute atomic E-state index is 12.1. The molecule has 116 valence electrons. The van der Waals surface area contributed by atoms with Crippen LogP contribution in [0.4, 0.5) is 0 Å². The summed E-state index contributed by atoms with van der Waals surface area (Å²) in [4.78, 5) is 24.4. The van der Waals surface area contributed by atoms with Crippen molar-refractivity contribution in [2.75, 3.05) is 0 Å². The van der Waals surface area contributed by atoms with Crippen molar-refractivity contribution in [3.8, 4) is 0 Å². The second-order valence-electron chi connectivity index (χ2n) is 4.88. The lowest BCUT2D eigenvalue weighted by Crippen LogP contribution is -2.32. The summed E-state index contributed by atoms with van der Waals surface area (Å²) in [5.41, 5.74) is 0.938. The van der Waals surface area contributed by atoms with Gasteiger partial charge in [-0.1, -0.05) is 29.8 Å². The van der Waals surface area contributed by atoms with E-state index < -0.39 is 0 Å². The number of hydrogen-bond acceptors (Lipinski definition) is 3. The summed E-state index contributed by atoms with van der Waals surface area (Å²) in [6.45, 7) is 1.86. The Balaban J connectivity index is 1.92. The zero-order valence-electron chi connectivity index (χ0n) is 12.1. The lowest BCUT2D eigenvalue weighted by atomic mass is 10.1. The normalized spacial score (nSPS) is 11.7. The molecule has 2 aromatic rings. The third-order valence-electron chi connectivity index (χ3n) is 3.03. The summed E-state index contributed by atoms with van der Waals surface area (Å²) in [5.74, 6) is -0.270. The predicted molar refractivity (Wildman–Crippen MR) is 88.8 cm³/mol. The van der Waals surface area contributed by atoms with Gasteiger partial charge < -0.3 is 10.6 Å². The molecule has 2 rings (SSSR count). The van der Waals surface area contributed by atoms with Crippen LogP contribution in [0.15, 0.2) is 41.8 Å². The van der Waals surface area contributed by atoms with Crippen LogP contribution >= 0.6 is 22.9 Å². The summed E-state index contributed by atoms with van der Waals surface area (Å²) in [7, 11) is 0. The van der Waals surface area contributed by atoms with E-state index in [0.717, 1.165) is 10.4 Å². The van der Waals surface area contributed by atoms with Gasteiger partial charge in [0.25, 0.3) is 0 Å². The van der Waals surface area contributed by atoms with E-state index in [0.29, 0.717) is 11.6 Å². The highest BCUT2D eigenvalue weighted by atomic mass is 35.5. The third-order valence-corrected chi connectivity index (χ3v) is 4.25. The number of halogens is 1. The van der Waals surface area contributed by atoms with Crippen LogP contribution in [0.5, 0.6) is 0 Å². The molecular weight excluding hydrogens is 320 g/mol. The molecule has 4 nitrogen and oxygen atoms in total. The number of amides is 2. The molecule has 2 amide bonds. The molecular formula is C16H17ClN2O2S. The SMILES string of the molecule is CC(=O)N[C@@H](CC(=O)NCc1cccc(Cl)c1)c1cccs1. The molecule has 1 heterocycles. The van der Waals surface area contributed by atoms with Gasteiger partial charge in [-0.25, -0.2) is 0 Å². The van der Waals surface area contributed by atoms with Crippen molar-refractivity contribution in [1.82, 2.24) is 10.6 Å². The molecule has 1 aromatic carbocycles. The van der Waals surface area contributed by atoms with Crippen molar-refractivity contribution in [3.05, 3.63) is 57.2 Å². The molecule has 0 saturated heterocycles. The average molecular weight is 337 g/mol. The molecule has 0 saturated carbocycles. The van der Waals surface area contributed by atoms with Crippen LogP contribution in [0, 0.1) is 0 Å². The molecule has 1 atom stereocenters. The first-order chi connectivity index (χ1) is 10.5. The maximum Gasteiger partial charge on any atom is 0.222 e. The highest BCUT2D eigenvalue weighted by Gasteiger charge is 2.17. The van der Waals surface area contributed by atoms with Crippen LogP contribution in [0.25, 0.3) is 0 Å². The minimum Gasteiger partial charge on any atom is -0.352 e. The Morgan fingerprint density at radius 1 is 1.27 bits per heavy atom. The van der Waals surface area contributed by atoms with E-state index in [4.69, 9.17) is 11.6 Å². The zero-order valence-corrected chi connectivity index (χ0v) is 13.7. The van der Waals surface area contributed by atoms with Crippen LogP contribution in [-0.4, -0.2) is 11.8 Å². The second-order valence-corrected chi connectivity index (χ2v) is 6.30. The van der Waals surface area contributed by atoms with E-state index in [1.807, 2.05) is 35.7 Å². The number of benzene rings is 1. The molecule has 1 aromatic heterocycles. The number of carbonyl (C=O) groups is 2. The Hall–Kier alpha value is -1.85. The summed E-state index contributed by atoms with van der Waals surface area (Å²) >= 11 is 7.43. The molecule has 22 heavy (non-hydrogen) atoms. The second kappa shape index (κ2) is 7.96. The fourth-order valence-electron chi connectivity index (χ4n) is 2.06. The lowest BCUT2D eigenvalue weighted by molar-refractivity contribution is -0.122. The van der Waals surface area contributed by atoms with E-state index in [1.54, 1.807) is 6.07 Å². The first-order valence-electron chi connectivity index (χ1n) is 6.86. The topological polar surface area (TPSA) is 58.2 Å². The highest BCUT2D eigenvalue weighted by molar-refractivity contribution is 7.10. The van der Waals surface area contributed by atoms with E-state index in [-0.39, 0.29) is 24.3 Å². The number of carbonyl (C=O) groups excluding carboxylic acids is 2. The molecule has 6 heteroatoms. The van der Waals surface area contributed by atoms with Crippen LogP contribution in [0.3, 0.4) is 0 Å². The van der Waals surface area contributed by atoms with Crippen molar-refractivity contribution >= 4 is 34.8 Å². The van der Waals surface area contributed by atoms with E-state index in [9.17, 15) is 9.59 Å². The monoisotopic (exact) mass is 336 g/mol. The largest absolute Gasteiger partial charge is 0.352 e. The average Bonchev–Trinajstić information content (AvgIpc) is 2.98. The first-order valence-corrected chi connectivity index (χ1v) is 8.12. The fraction of sp³-hybridized carbons (Fsp3) is 0.250. The molecule has 2 N–H and O–H groups in total. The van der Waals surface area contributed by atoms with E-state index in [1.165, 1.54) is 18.3 Å². The maximum atomic E-state index is 12.1. The van der Waals surface area contributed by atoms with Crippen molar-refractivity contribution in [2.24, 2.45) is 0 Å². The van der Waals surface area contributed by atoms with Gasteiger partial charge in [0.15, 0.2) is 0 Å². The van der Waals surface area contributed by atoms with Crippen molar-refractivity contribution < 1.29 is 9.59 Å². The van der Waals surface area contributed by atoms with Gasteiger partial charge >= 0.3 is 0 Å². The quantitative estimate of drug-likeness (QED) is 0.850. The molecule has 0 bridgehead atoms. The van der Waals surface area contributed by atoms with Crippen LogP contribution in [0.2, 0.25) is 5.02 Å². The summed E-state index contributed by atoms with van der Waals surface area (Å²) in [5, 5.41) is 8.22. The number of rotatable bonds is 6. The van der Waals surface area contributed by atoms with Gasteiger partial charge in [0, 0.05) is 23.4 Å². The van der Waals surface area contributed by atoms with Gasteiger partial charge in [-0.2, -0.15) is 0 Å². The lowest BCUT2D eigenvalue weighted by Gasteiger charge is -2.16. The van der Waals surface area contributed by atoms with Gasteiger partial charge in [-0.15, -0.1) is 11.3 Å². The number of hydrogen-bond donors (Lipinski definition) is 2. The highest BCUT2D eigenvalue weighted by Crippen LogP contribution is 2.22. The zero-order chi connectivity index (χ0) is 15.9. The first kappa shape index (κ1) is 16.5. The van der Waals surface area contributed by atoms with E-state index in [2.05, 4.69) is 10.6 Å². The Morgan fingerprint density at radius 3 is 2.73 bits per heavy atom. The Morgan fingerprint density at radius 2 is 2.09 bits per heavy atom. The molecule has 0 spiro atoms. The van der Waals surface area contributed by atoms with Gasteiger partial charge in [0.1, 0.15) is 0 Å². The summed E-state index contributed by atoms with van der Waals surface area (Å²) in [6.07, 6.45) is 0.209. The molecule has 0 fully saturated rings. The van der Waals surface area contributed by atoms with Crippen LogP contribution in [0.1, 0.15) is 29.8 Å². The van der Waals surface area contributed by atoms with E-state index >= 15 is 0 Å². The van der Waals surface area contributed by atoms with Crippen molar-refractivity contribution in [3.63, 3.8) is 0 Å². The minimum absolute atomic E-state index is 0.118. The smallest absolute Gasteiger partial charge is 0.222 e. The van der Waals surface area contributed by atoms with Crippen LogP contribution < -0.4 is 10.6 Å². The Kier molecular flexibility index (Phi) is 5.98. The van der Waals surface area contributed by atoms with Crippen molar-refractivity contribution in [1.29, 1.82) is 0 Å². The Labute approximate surface area is 138 Å². The molecule has 0 unspecified atom stereocenters. The minimum atomic E-state index is -0.295. The standard InChI is InChI=1S/C16H17ClN2O2S/c1-11(20)19-14(15-6-3-7-22-15)9-16(21)18-10-12-4-2-5-13(17)8-12/h2-8,14H,9-10H2,1H3,(H,18,21)(H,19,20)/t14-/m0/s1. The molecule has 0 aliphatic rings. The Bertz CT molecular complexity index is 643. The van der Waals surface area contributed by atoms with Gasteiger partial charge in [-0.05, 0) is 29.1 Å². The fourth-order valence-corrected chi connectivity index (χ4v) is 3.05. The van der Waals surface area contributed by atoms with Gasteiger partial charge in [0.2, 0.25) is 11.8 Å². The summed E-state index contributed by atoms with van der Waals surface area (Å²) < 4.78 is 0. The molecule has 0 aliphatic heterocycles. The number of nitrogens with one attached hydrogen (secondary N) is 2.